The predicted octanol–water partition coefficient (Wildman–Crippen LogP) is 3.37. The first-order valence-corrected chi connectivity index (χ1v) is 9.49. The highest BCUT2D eigenvalue weighted by Crippen LogP contribution is 2.25. The van der Waals surface area contributed by atoms with Gasteiger partial charge in [-0.2, -0.15) is 0 Å². The zero-order valence-corrected chi connectivity index (χ0v) is 16.2. The van der Waals surface area contributed by atoms with Crippen molar-refractivity contribution in [2.75, 3.05) is 0 Å². The number of hydrogen-bond donors (Lipinski definition) is 1. The molecular formula is C21H18ClN5O2. The van der Waals surface area contributed by atoms with E-state index in [0.29, 0.717) is 36.1 Å². The topological polar surface area (TPSA) is 85.7 Å². The summed E-state index contributed by atoms with van der Waals surface area (Å²) >= 11 is 6.18. The van der Waals surface area contributed by atoms with E-state index in [4.69, 9.17) is 16.3 Å². The van der Waals surface area contributed by atoms with Gasteiger partial charge in [0.05, 0.1) is 0 Å². The number of aryl methyl sites for hydroxylation is 2. The van der Waals surface area contributed by atoms with Crippen molar-refractivity contribution in [2.24, 2.45) is 0 Å². The van der Waals surface area contributed by atoms with Crippen LogP contribution in [0.3, 0.4) is 0 Å². The van der Waals surface area contributed by atoms with Crippen LogP contribution in [0.4, 0.5) is 0 Å². The fraction of sp³-hybridized carbons (Fsp3) is 0.143. The lowest BCUT2D eigenvalue weighted by Gasteiger charge is -2.11. The molecule has 8 heteroatoms. The molecule has 0 saturated heterocycles. The number of aromatic nitrogens is 5. The molecule has 0 atom stereocenters. The molecule has 146 valence electrons. The zero-order chi connectivity index (χ0) is 20.1. The second-order valence-corrected chi connectivity index (χ2v) is 6.86. The van der Waals surface area contributed by atoms with Gasteiger partial charge >= 0.3 is 0 Å². The molecule has 2 aromatic carbocycles. The van der Waals surface area contributed by atoms with Crippen LogP contribution >= 0.6 is 11.6 Å². The first-order chi connectivity index (χ1) is 14.2. The second kappa shape index (κ2) is 8.70. The Bertz CT molecular complexity index is 1160. The number of hydrogen-bond acceptors (Lipinski definition) is 5. The molecule has 2 heterocycles. The van der Waals surface area contributed by atoms with Gasteiger partial charge in [-0.15, -0.1) is 15.0 Å². The van der Waals surface area contributed by atoms with Crippen LogP contribution in [-0.2, 0) is 19.4 Å². The Labute approximate surface area is 171 Å². The van der Waals surface area contributed by atoms with Gasteiger partial charge in [0.1, 0.15) is 12.4 Å². The highest BCUT2D eigenvalue weighted by Gasteiger charge is 2.10. The van der Waals surface area contributed by atoms with Gasteiger partial charge in [0.2, 0.25) is 5.56 Å². The molecule has 4 aromatic rings. The molecule has 0 bridgehead atoms. The largest absolute Gasteiger partial charge is 0.489 e. The summed E-state index contributed by atoms with van der Waals surface area (Å²) in [6.07, 6.45) is 1.20. The van der Waals surface area contributed by atoms with Crippen molar-refractivity contribution < 1.29 is 4.74 Å². The summed E-state index contributed by atoms with van der Waals surface area (Å²) in [5.41, 5.74) is 1.84. The number of benzene rings is 2. The zero-order valence-electron chi connectivity index (χ0n) is 15.5. The molecule has 0 fully saturated rings. The van der Waals surface area contributed by atoms with E-state index in [0.717, 1.165) is 16.9 Å². The smallest absolute Gasteiger partial charge is 0.249 e. The van der Waals surface area contributed by atoms with E-state index in [1.165, 1.54) is 10.9 Å². The number of nitrogens with zero attached hydrogens (tertiary/aromatic N) is 4. The molecule has 0 radical (unpaired) electrons. The average Bonchev–Trinajstić information content (AvgIpc) is 3.21. The number of ether oxygens (including phenoxy) is 1. The van der Waals surface area contributed by atoms with Crippen LogP contribution in [0.2, 0.25) is 5.02 Å². The van der Waals surface area contributed by atoms with E-state index in [2.05, 4.69) is 20.4 Å². The quantitative estimate of drug-likeness (QED) is 0.507. The van der Waals surface area contributed by atoms with Crippen LogP contribution in [0, 0.1) is 0 Å². The Morgan fingerprint density at radius 2 is 1.86 bits per heavy atom. The van der Waals surface area contributed by atoms with Crippen LogP contribution in [-0.4, -0.2) is 25.2 Å². The Balaban J connectivity index is 1.45. The molecule has 1 N–H and O–H groups in total. The van der Waals surface area contributed by atoms with Gasteiger partial charge < -0.3 is 9.72 Å². The molecular weight excluding hydrogens is 390 g/mol. The van der Waals surface area contributed by atoms with E-state index < -0.39 is 0 Å². The third kappa shape index (κ3) is 4.89. The molecule has 29 heavy (non-hydrogen) atoms. The van der Waals surface area contributed by atoms with Gasteiger partial charge in [0.15, 0.2) is 11.6 Å². The predicted molar refractivity (Wildman–Crippen MR) is 109 cm³/mol. The fourth-order valence-electron chi connectivity index (χ4n) is 2.86. The summed E-state index contributed by atoms with van der Waals surface area (Å²) in [4.78, 5) is 15.4. The molecule has 0 amide bonds. The van der Waals surface area contributed by atoms with Crippen molar-refractivity contribution in [3.63, 3.8) is 0 Å². The minimum absolute atomic E-state index is 0.222. The van der Waals surface area contributed by atoms with Crippen molar-refractivity contribution in [1.82, 2.24) is 25.2 Å². The van der Waals surface area contributed by atoms with Crippen LogP contribution in [0.1, 0.15) is 17.0 Å². The Kier molecular flexibility index (Phi) is 5.67. The number of aromatic amines is 1. The molecule has 0 unspecified atom stereocenters. The maximum Gasteiger partial charge on any atom is 0.249 e. The highest BCUT2D eigenvalue weighted by atomic mass is 35.5. The molecule has 0 aliphatic carbocycles. The molecule has 0 aliphatic rings. The summed E-state index contributed by atoms with van der Waals surface area (Å²) < 4.78 is 5.99. The Morgan fingerprint density at radius 1 is 1.00 bits per heavy atom. The molecule has 0 spiro atoms. The maximum atomic E-state index is 11.4. The molecule has 2 aromatic heterocycles. The third-order valence-electron chi connectivity index (χ3n) is 4.30. The Morgan fingerprint density at radius 3 is 2.69 bits per heavy atom. The molecule has 7 nitrogen and oxygen atoms in total. The Hall–Kier alpha value is -3.45. The van der Waals surface area contributed by atoms with E-state index in [9.17, 15) is 4.79 Å². The van der Waals surface area contributed by atoms with Crippen LogP contribution in [0.5, 0.6) is 5.75 Å². The van der Waals surface area contributed by atoms with Crippen molar-refractivity contribution in [3.8, 4) is 11.6 Å². The minimum atomic E-state index is -0.222. The normalized spacial score (nSPS) is 10.8. The van der Waals surface area contributed by atoms with Crippen molar-refractivity contribution in [2.45, 2.75) is 19.4 Å². The van der Waals surface area contributed by atoms with E-state index in [1.807, 2.05) is 48.5 Å². The van der Waals surface area contributed by atoms with Gasteiger partial charge in [0.25, 0.3) is 0 Å². The lowest BCUT2D eigenvalue weighted by atomic mass is 10.1. The number of nitrogens with one attached hydrogen (secondary N) is 1. The second-order valence-electron chi connectivity index (χ2n) is 6.42. The van der Waals surface area contributed by atoms with Crippen molar-refractivity contribution >= 4 is 11.6 Å². The molecule has 0 saturated carbocycles. The summed E-state index contributed by atoms with van der Waals surface area (Å²) in [6.45, 7) is 0.477. The van der Waals surface area contributed by atoms with E-state index >= 15 is 0 Å². The minimum Gasteiger partial charge on any atom is -0.489 e. The fourth-order valence-corrected chi connectivity index (χ4v) is 3.06. The lowest BCUT2D eigenvalue weighted by Crippen LogP contribution is -2.10. The maximum absolute atomic E-state index is 11.4. The number of halogens is 1. The molecule has 4 rings (SSSR count). The third-order valence-corrected chi connectivity index (χ3v) is 4.54. The summed E-state index contributed by atoms with van der Waals surface area (Å²) in [7, 11) is 0. The number of H-pyrrole nitrogens is 1. The average molecular weight is 408 g/mol. The van der Waals surface area contributed by atoms with Gasteiger partial charge in [-0.1, -0.05) is 48.0 Å². The summed E-state index contributed by atoms with van der Waals surface area (Å²) in [6, 6.07) is 20.3. The number of tetrazole rings is 1. The van der Waals surface area contributed by atoms with Crippen LogP contribution < -0.4 is 10.3 Å². The SMILES string of the molecule is O=c1cccc(-n2nnc(CCc3cc(Cl)ccc3OCc3ccccc3)n2)[nH]1. The van der Waals surface area contributed by atoms with Gasteiger partial charge in [-0.25, -0.2) is 0 Å². The first kappa shape index (κ1) is 18.9. The van der Waals surface area contributed by atoms with Crippen molar-refractivity contribution in [3.05, 3.63) is 99.1 Å². The van der Waals surface area contributed by atoms with Gasteiger partial charge in [-0.05, 0) is 47.0 Å². The number of pyridine rings is 1. The first-order valence-electron chi connectivity index (χ1n) is 9.11. The van der Waals surface area contributed by atoms with Gasteiger partial charge in [-0.3, -0.25) is 4.79 Å². The summed E-state index contributed by atoms with van der Waals surface area (Å²) in [5, 5.41) is 13.0. The standard InChI is InChI=1S/C21H18ClN5O2/c22-17-10-11-18(29-14-15-5-2-1-3-6-15)16(13-17)9-12-19-24-26-27(25-19)20-7-4-8-21(28)23-20/h1-8,10-11,13H,9,12,14H2,(H,23,28). The van der Waals surface area contributed by atoms with Crippen molar-refractivity contribution in [1.29, 1.82) is 0 Å². The van der Waals surface area contributed by atoms with E-state index in [1.54, 1.807) is 12.1 Å². The van der Waals surface area contributed by atoms with Crippen LogP contribution in [0.25, 0.3) is 5.82 Å². The number of rotatable bonds is 7. The highest BCUT2D eigenvalue weighted by molar-refractivity contribution is 6.30. The molecule has 0 aliphatic heterocycles. The summed E-state index contributed by atoms with van der Waals surface area (Å²) in [5.74, 6) is 1.80. The van der Waals surface area contributed by atoms with Gasteiger partial charge in [0, 0.05) is 17.5 Å². The lowest BCUT2D eigenvalue weighted by molar-refractivity contribution is 0.303. The van der Waals surface area contributed by atoms with E-state index in [-0.39, 0.29) is 5.56 Å². The van der Waals surface area contributed by atoms with Crippen LogP contribution in [0.15, 0.2) is 71.5 Å². The monoisotopic (exact) mass is 407 g/mol.